The van der Waals surface area contributed by atoms with Crippen LogP contribution in [-0.2, 0) is 0 Å². The number of nitrogens with one attached hydrogen (secondary N) is 3. The van der Waals surface area contributed by atoms with Crippen LogP contribution in [0.15, 0.2) is 72.8 Å². The molecule has 1 atom stereocenters. The molecule has 0 aliphatic heterocycles. The van der Waals surface area contributed by atoms with Gasteiger partial charge in [0.05, 0.1) is 23.2 Å². The van der Waals surface area contributed by atoms with Crippen molar-refractivity contribution in [2.75, 3.05) is 10.6 Å². The van der Waals surface area contributed by atoms with Crippen LogP contribution < -0.4 is 16.0 Å². The molecule has 0 bridgehead atoms. The average molecular weight is 418 g/mol. The monoisotopic (exact) mass is 418 g/mol. The van der Waals surface area contributed by atoms with Crippen molar-refractivity contribution in [1.29, 1.82) is 5.26 Å². The van der Waals surface area contributed by atoms with Crippen molar-refractivity contribution in [3.05, 3.63) is 95.3 Å². The van der Waals surface area contributed by atoms with Gasteiger partial charge in [0, 0.05) is 11.4 Å². The maximum atomic E-state index is 13.0. The molecule has 5 nitrogen and oxygen atoms in total. The fourth-order valence-corrected chi connectivity index (χ4v) is 3.11. The molecular formula is C23H19FN4OS. The van der Waals surface area contributed by atoms with E-state index in [-0.39, 0.29) is 17.8 Å². The first-order valence-electron chi connectivity index (χ1n) is 9.20. The molecule has 1 amide bonds. The lowest BCUT2D eigenvalue weighted by molar-refractivity contribution is 0.102. The molecule has 0 aliphatic rings. The average Bonchev–Trinajstić information content (AvgIpc) is 2.75. The summed E-state index contributed by atoms with van der Waals surface area (Å²) in [5, 5.41) is 18.5. The fraction of sp³-hybridized carbons (Fsp3) is 0.0870. The molecule has 3 rings (SSSR count). The van der Waals surface area contributed by atoms with E-state index in [2.05, 4.69) is 16.0 Å². The van der Waals surface area contributed by atoms with Gasteiger partial charge >= 0.3 is 0 Å². The van der Waals surface area contributed by atoms with E-state index >= 15 is 0 Å². The molecule has 0 heterocycles. The summed E-state index contributed by atoms with van der Waals surface area (Å²) >= 11 is 5.34. The van der Waals surface area contributed by atoms with Gasteiger partial charge in [0.15, 0.2) is 5.11 Å². The van der Waals surface area contributed by atoms with Crippen LogP contribution in [0.3, 0.4) is 0 Å². The van der Waals surface area contributed by atoms with E-state index in [4.69, 9.17) is 17.5 Å². The van der Waals surface area contributed by atoms with Crippen LogP contribution in [0.1, 0.15) is 34.5 Å². The Morgan fingerprint density at radius 3 is 2.20 bits per heavy atom. The maximum absolute atomic E-state index is 13.0. The Morgan fingerprint density at radius 1 is 0.967 bits per heavy atom. The predicted molar refractivity (Wildman–Crippen MR) is 120 cm³/mol. The summed E-state index contributed by atoms with van der Waals surface area (Å²) in [6.07, 6.45) is 0. The number of amides is 1. The molecule has 3 aromatic carbocycles. The summed E-state index contributed by atoms with van der Waals surface area (Å²) in [4.78, 5) is 12.4. The number of carbonyl (C=O) groups is 1. The number of halogens is 1. The molecule has 0 saturated carbocycles. The van der Waals surface area contributed by atoms with Gasteiger partial charge in [-0.05, 0) is 73.2 Å². The van der Waals surface area contributed by atoms with Gasteiger partial charge in [-0.1, -0.05) is 24.3 Å². The van der Waals surface area contributed by atoms with Crippen LogP contribution in [0.4, 0.5) is 15.8 Å². The molecule has 1 unspecified atom stereocenters. The molecule has 3 N–H and O–H groups in total. The van der Waals surface area contributed by atoms with Crippen LogP contribution in [-0.4, -0.2) is 11.0 Å². The van der Waals surface area contributed by atoms with Crippen molar-refractivity contribution < 1.29 is 9.18 Å². The van der Waals surface area contributed by atoms with Crippen molar-refractivity contribution in [2.45, 2.75) is 13.0 Å². The lowest BCUT2D eigenvalue weighted by Crippen LogP contribution is -2.30. The number of thiocarbonyl (C=S) groups is 1. The molecular weight excluding hydrogens is 399 g/mol. The Hall–Kier alpha value is -3.76. The van der Waals surface area contributed by atoms with Crippen molar-refractivity contribution >= 4 is 34.6 Å². The summed E-state index contributed by atoms with van der Waals surface area (Å²) in [7, 11) is 0. The lowest BCUT2D eigenvalue weighted by Gasteiger charge is -2.17. The van der Waals surface area contributed by atoms with Gasteiger partial charge in [0.2, 0.25) is 0 Å². The van der Waals surface area contributed by atoms with Gasteiger partial charge in [-0.2, -0.15) is 5.26 Å². The van der Waals surface area contributed by atoms with Crippen LogP contribution in [0.25, 0.3) is 0 Å². The Bertz CT molecular complexity index is 1090. The number of benzene rings is 3. The standard InChI is InChI=1S/C23H19FN4OS/c1-15(16-6-8-18(24)9-7-16)26-23(30)28-20-12-10-19(11-13-20)27-22(29)21-5-3-2-4-17(21)14-25/h2-13,15H,1H3,(H,27,29)(H2,26,28,30). The first-order valence-corrected chi connectivity index (χ1v) is 9.60. The molecule has 7 heteroatoms. The van der Waals surface area contributed by atoms with Gasteiger partial charge in [0.1, 0.15) is 5.82 Å². The summed E-state index contributed by atoms with van der Waals surface area (Å²) in [5.74, 6) is -0.631. The Kier molecular flexibility index (Phi) is 6.73. The van der Waals surface area contributed by atoms with E-state index in [0.717, 1.165) is 11.3 Å². The smallest absolute Gasteiger partial charge is 0.257 e. The number of hydrogen-bond donors (Lipinski definition) is 3. The number of anilines is 2. The molecule has 0 aromatic heterocycles. The molecule has 30 heavy (non-hydrogen) atoms. The first kappa shape index (κ1) is 21.0. The van der Waals surface area contributed by atoms with Crippen LogP contribution in [0, 0.1) is 17.1 Å². The highest BCUT2D eigenvalue weighted by Crippen LogP contribution is 2.17. The van der Waals surface area contributed by atoms with E-state index in [9.17, 15) is 9.18 Å². The minimum atomic E-state index is -0.349. The minimum absolute atomic E-state index is 0.0932. The minimum Gasteiger partial charge on any atom is -0.356 e. The number of nitriles is 1. The SMILES string of the molecule is CC(NC(=S)Nc1ccc(NC(=O)c2ccccc2C#N)cc1)c1ccc(F)cc1. The Balaban J connectivity index is 1.57. The van der Waals surface area contributed by atoms with Crippen LogP contribution in [0.2, 0.25) is 0 Å². The molecule has 0 saturated heterocycles. The van der Waals surface area contributed by atoms with Gasteiger partial charge < -0.3 is 16.0 Å². The topological polar surface area (TPSA) is 76.9 Å². The van der Waals surface area contributed by atoms with Crippen molar-refractivity contribution in [3.8, 4) is 6.07 Å². The van der Waals surface area contributed by atoms with Crippen molar-refractivity contribution in [3.63, 3.8) is 0 Å². The second-order valence-electron chi connectivity index (χ2n) is 6.56. The fourth-order valence-electron chi connectivity index (χ4n) is 2.81. The summed E-state index contributed by atoms with van der Waals surface area (Å²) in [5.41, 5.74) is 2.89. The van der Waals surface area contributed by atoms with Crippen molar-refractivity contribution in [1.82, 2.24) is 5.32 Å². The first-order chi connectivity index (χ1) is 14.5. The van der Waals surface area contributed by atoms with Gasteiger partial charge in [0.25, 0.3) is 5.91 Å². The third kappa shape index (κ3) is 5.40. The largest absolute Gasteiger partial charge is 0.356 e. The number of nitrogens with zero attached hydrogens (tertiary/aromatic N) is 1. The van der Waals surface area contributed by atoms with E-state index < -0.39 is 0 Å². The number of rotatable bonds is 5. The van der Waals surface area contributed by atoms with E-state index in [0.29, 0.717) is 21.9 Å². The highest BCUT2D eigenvalue weighted by molar-refractivity contribution is 7.80. The van der Waals surface area contributed by atoms with Gasteiger partial charge in [-0.15, -0.1) is 0 Å². The number of carbonyl (C=O) groups excluding carboxylic acids is 1. The highest BCUT2D eigenvalue weighted by atomic mass is 32.1. The molecule has 0 fully saturated rings. The normalized spacial score (nSPS) is 11.1. The number of hydrogen-bond acceptors (Lipinski definition) is 3. The summed E-state index contributed by atoms with van der Waals surface area (Å²) in [6, 6.07) is 21.8. The quantitative estimate of drug-likeness (QED) is 0.509. The van der Waals surface area contributed by atoms with Gasteiger partial charge in [-0.3, -0.25) is 4.79 Å². The van der Waals surface area contributed by atoms with Crippen LogP contribution >= 0.6 is 12.2 Å². The molecule has 150 valence electrons. The van der Waals surface area contributed by atoms with E-state index in [1.807, 2.05) is 13.0 Å². The maximum Gasteiger partial charge on any atom is 0.257 e. The molecule has 3 aromatic rings. The molecule has 0 spiro atoms. The zero-order valence-corrected chi connectivity index (χ0v) is 17.0. The Morgan fingerprint density at radius 2 is 1.57 bits per heavy atom. The van der Waals surface area contributed by atoms with Gasteiger partial charge in [-0.25, -0.2) is 4.39 Å². The van der Waals surface area contributed by atoms with E-state index in [1.54, 1.807) is 60.7 Å². The Labute approximate surface area is 179 Å². The predicted octanol–water partition coefficient (Wildman–Crippen LogP) is 5.00. The zero-order chi connectivity index (χ0) is 21.5. The highest BCUT2D eigenvalue weighted by Gasteiger charge is 2.11. The zero-order valence-electron chi connectivity index (χ0n) is 16.1. The molecule has 0 radical (unpaired) electrons. The van der Waals surface area contributed by atoms with E-state index in [1.165, 1.54) is 12.1 Å². The van der Waals surface area contributed by atoms with Crippen molar-refractivity contribution in [2.24, 2.45) is 0 Å². The molecule has 0 aliphatic carbocycles. The summed E-state index contributed by atoms with van der Waals surface area (Å²) in [6.45, 7) is 1.93. The van der Waals surface area contributed by atoms with Crippen LogP contribution in [0.5, 0.6) is 0 Å². The third-order valence-electron chi connectivity index (χ3n) is 4.41. The lowest BCUT2D eigenvalue weighted by atomic mass is 10.1. The summed E-state index contributed by atoms with van der Waals surface area (Å²) < 4.78 is 13.0. The third-order valence-corrected chi connectivity index (χ3v) is 4.63. The second-order valence-corrected chi connectivity index (χ2v) is 6.97. The second kappa shape index (κ2) is 9.63.